The minimum atomic E-state index is -0.158. The summed E-state index contributed by atoms with van der Waals surface area (Å²) in [5, 5.41) is 0. The summed E-state index contributed by atoms with van der Waals surface area (Å²) in [5.41, 5.74) is 6.78. The minimum Gasteiger partial charge on any atom is -0.497 e. The van der Waals surface area contributed by atoms with Gasteiger partial charge in [-0.3, -0.25) is 4.79 Å². The highest BCUT2D eigenvalue weighted by molar-refractivity contribution is 5.78. The number of amides is 1. The van der Waals surface area contributed by atoms with E-state index < -0.39 is 0 Å². The van der Waals surface area contributed by atoms with Crippen LogP contribution in [0.1, 0.15) is 5.56 Å². The molecule has 19 heavy (non-hydrogen) atoms. The molecule has 106 valence electrons. The van der Waals surface area contributed by atoms with Gasteiger partial charge >= 0.3 is 0 Å². The molecule has 0 fully saturated rings. The van der Waals surface area contributed by atoms with E-state index >= 15 is 0 Å². The van der Waals surface area contributed by atoms with Crippen LogP contribution >= 0.6 is 0 Å². The first-order chi connectivity index (χ1) is 9.06. The molecule has 1 rings (SSSR count). The predicted molar refractivity (Wildman–Crippen MR) is 74.2 cm³/mol. The second kappa shape index (κ2) is 7.76. The largest absolute Gasteiger partial charge is 0.497 e. The van der Waals surface area contributed by atoms with E-state index in [1.165, 1.54) is 0 Å². The number of ether oxygens (including phenoxy) is 2. The molecule has 2 N–H and O–H groups in total. The molecule has 1 atom stereocenters. The molecule has 1 aromatic carbocycles. The summed E-state index contributed by atoms with van der Waals surface area (Å²) < 4.78 is 10.0. The molecular weight excluding hydrogens is 244 g/mol. The molecule has 5 heteroatoms. The summed E-state index contributed by atoms with van der Waals surface area (Å²) in [5.74, 6) is 0.823. The van der Waals surface area contributed by atoms with E-state index in [4.69, 9.17) is 15.2 Å². The van der Waals surface area contributed by atoms with Crippen LogP contribution in [0.2, 0.25) is 0 Å². The van der Waals surface area contributed by atoms with Crippen LogP contribution in [0.25, 0.3) is 0 Å². The Balaban J connectivity index is 2.48. The highest BCUT2D eigenvalue weighted by Crippen LogP contribution is 2.12. The Hall–Kier alpha value is -1.59. The molecule has 0 spiro atoms. The van der Waals surface area contributed by atoms with Crippen LogP contribution in [-0.2, 0) is 16.0 Å². The van der Waals surface area contributed by atoms with E-state index in [1.54, 1.807) is 26.2 Å². The second-order valence-electron chi connectivity index (χ2n) is 4.51. The lowest BCUT2D eigenvalue weighted by Crippen LogP contribution is -2.41. The maximum absolute atomic E-state index is 12.0. The molecule has 0 bridgehead atoms. The number of carbonyl (C=O) groups excluding carboxylic acids is 1. The number of hydrogen-bond donors (Lipinski definition) is 1. The van der Waals surface area contributed by atoms with Crippen molar-refractivity contribution < 1.29 is 14.3 Å². The summed E-state index contributed by atoms with van der Waals surface area (Å²) in [6.45, 7) is 0.934. The van der Waals surface area contributed by atoms with Crippen LogP contribution in [0.5, 0.6) is 5.75 Å². The van der Waals surface area contributed by atoms with E-state index in [9.17, 15) is 4.79 Å². The first-order valence-electron chi connectivity index (χ1n) is 6.18. The Morgan fingerprint density at radius 2 is 1.95 bits per heavy atom. The van der Waals surface area contributed by atoms with Crippen molar-refractivity contribution in [3.05, 3.63) is 29.8 Å². The number of nitrogens with zero attached hydrogens (tertiary/aromatic N) is 1. The third-order valence-electron chi connectivity index (χ3n) is 2.83. The maximum Gasteiger partial charge on any atom is 0.226 e. The van der Waals surface area contributed by atoms with Crippen LogP contribution in [0.3, 0.4) is 0 Å². The number of methoxy groups -OCH3 is 2. The molecule has 0 aromatic heterocycles. The number of hydrogen-bond acceptors (Lipinski definition) is 4. The topological polar surface area (TPSA) is 64.8 Å². The van der Waals surface area contributed by atoms with Crippen LogP contribution in [0.4, 0.5) is 0 Å². The molecule has 0 heterocycles. The fourth-order valence-electron chi connectivity index (χ4n) is 1.77. The molecular formula is C14H22N2O3. The van der Waals surface area contributed by atoms with Crippen molar-refractivity contribution >= 4 is 5.91 Å². The van der Waals surface area contributed by atoms with E-state index in [-0.39, 0.29) is 11.9 Å². The van der Waals surface area contributed by atoms with Crippen LogP contribution in [-0.4, -0.2) is 51.3 Å². The normalized spacial score (nSPS) is 12.0. The zero-order valence-electron chi connectivity index (χ0n) is 11.8. The van der Waals surface area contributed by atoms with Gasteiger partial charge in [-0.1, -0.05) is 12.1 Å². The molecule has 0 aliphatic rings. The Morgan fingerprint density at radius 3 is 2.47 bits per heavy atom. The van der Waals surface area contributed by atoms with Crippen molar-refractivity contribution in [2.45, 2.75) is 12.5 Å². The lowest BCUT2D eigenvalue weighted by atomic mass is 10.1. The molecule has 1 amide bonds. The summed E-state index contributed by atoms with van der Waals surface area (Å²) in [6, 6.07) is 7.31. The van der Waals surface area contributed by atoms with Gasteiger partial charge in [0.2, 0.25) is 5.91 Å². The molecule has 0 saturated heterocycles. The molecule has 0 saturated carbocycles. The first kappa shape index (κ1) is 15.5. The highest BCUT2D eigenvalue weighted by atomic mass is 16.5. The fraction of sp³-hybridized carbons (Fsp3) is 0.500. The van der Waals surface area contributed by atoms with Crippen molar-refractivity contribution in [3.63, 3.8) is 0 Å². The molecule has 1 aromatic rings. The van der Waals surface area contributed by atoms with Gasteiger partial charge < -0.3 is 20.1 Å². The van der Waals surface area contributed by atoms with Gasteiger partial charge in [0.15, 0.2) is 0 Å². The number of benzene rings is 1. The minimum absolute atomic E-state index is 0.0386. The summed E-state index contributed by atoms with van der Waals surface area (Å²) >= 11 is 0. The monoisotopic (exact) mass is 266 g/mol. The summed E-state index contributed by atoms with van der Waals surface area (Å²) in [7, 11) is 4.96. The predicted octanol–water partition coefficient (Wildman–Crippen LogP) is 0.670. The Bertz CT molecular complexity index is 392. The third-order valence-corrected chi connectivity index (χ3v) is 2.83. The van der Waals surface area contributed by atoms with Gasteiger partial charge in [0, 0.05) is 26.7 Å². The second-order valence-corrected chi connectivity index (χ2v) is 4.51. The Labute approximate surface area is 114 Å². The zero-order valence-corrected chi connectivity index (χ0v) is 11.8. The SMILES string of the molecule is COCC(N)CN(C)C(=O)Cc1ccc(OC)cc1. The van der Waals surface area contributed by atoms with Gasteiger partial charge in [-0.05, 0) is 17.7 Å². The van der Waals surface area contributed by atoms with Crippen molar-refractivity contribution in [1.29, 1.82) is 0 Å². The fourth-order valence-corrected chi connectivity index (χ4v) is 1.77. The smallest absolute Gasteiger partial charge is 0.226 e. The van der Waals surface area contributed by atoms with Gasteiger partial charge in [-0.25, -0.2) is 0 Å². The van der Waals surface area contributed by atoms with Gasteiger partial charge in [0.25, 0.3) is 0 Å². The van der Waals surface area contributed by atoms with E-state index in [0.717, 1.165) is 11.3 Å². The standard InChI is InChI=1S/C14H22N2O3/c1-16(9-12(15)10-18-2)14(17)8-11-4-6-13(19-3)7-5-11/h4-7,12H,8-10,15H2,1-3H3. The molecule has 0 aliphatic carbocycles. The van der Waals surface area contributed by atoms with Gasteiger partial charge in [0.05, 0.1) is 20.1 Å². The third kappa shape index (κ3) is 5.28. The number of rotatable bonds is 7. The molecule has 0 aliphatic heterocycles. The number of likely N-dealkylation sites (N-methyl/N-ethyl adjacent to an activating group) is 1. The highest BCUT2D eigenvalue weighted by Gasteiger charge is 2.13. The van der Waals surface area contributed by atoms with Crippen molar-refractivity contribution in [2.24, 2.45) is 5.73 Å². The summed E-state index contributed by atoms with van der Waals surface area (Å²) in [6.07, 6.45) is 0.361. The quantitative estimate of drug-likeness (QED) is 0.788. The Morgan fingerprint density at radius 1 is 1.32 bits per heavy atom. The zero-order chi connectivity index (χ0) is 14.3. The number of nitrogens with two attached hydrogens (primary N) is 1. The molecule has 5 nitrogen and oxygen atoms in total. The average Bonchev–Trinajstić information content (AvgIpc) is 2.39. The first-order valence-corrected chi connectivity index (χ1v) is 6.18. The van der Waals surface area contributed by atoms with Crippen LogP contribution < -0.4 is 10.5 Å². The average molecular weight is 266 g/mol. The lowest BCUT2D eigenvalue weighted by Gasteiger charge is -2.21. The van der Waals surface area contributed by atoms with E-state index in [0.29, 0.717) is 19.6 Å². The number of carbonyl (C=O) groups is 1. The van der Waals surface area contributed by atoms with Crippen molar-refractivity contribution in [2.75, 3.05) is 34.4 Å². The van der Waals surface area contributed by atoms with Gasteiger partial charge in [-0.2, -0.15) is 0 Å². The summed E-state index contributed by atoms with van der Waals surface area (Å²) in [4.78, 5) is 13.6. The van der Waals surface area contributed by atoms with Crippen LogP contribution in [0, 0.1) is 0 Å². The maximum atomic E-state index is 12.0. The molecule has 0 radical (unpaired) electrons. The van der Waals surface area contributed by atoms with Gasteiger partial charge in [0.1, 0.15) is 5.75 Å². The Kier molecular flexibility index (Phi) is 6.32. The van der Waals surface area contributed by atoms with E-state index in [1.807, 2.05) is 24.3 Å². The molecule has 1 unspecified atom stereocenters. The van der Waals surface area contributed by atoms with Crippen LogP contribution in [0.15, 0.2) is 24.3 Å². The van der Waals surface area contributed by atoms with Crippen molar-refractivity contribution in [3.8, 4) is 5.75 Å². The van der Waals surface area contributed by atoms with E-state index in [2.05, 4.69) is 0 Å². The van der Waals surface area contributed by atoms with Crippen molar-refractivity contribution in [1.82, 2.24) is 4.90 Å². The van der Waals surface area contributed by atoms with Gasteiger partial charge in [-0.15, -0.1) is 0 Å². The lowest BCUT2D eigenvalue weighted by molar-refractivity contribution is -0.129.